The summed E-state index contributed by atoms with van der Waals surface area (Å²) in [5.74, 6) is -2.12. The van der Waals surface area contributed by atoms with Crippen molar-refractivity contribution >= 4 is 34.4 Å². The van der Waals surface area contributed by atoms with Crippen LogP contribution in [0.1, 0.15) is 5.56 Å². The standard InChI is InChI=1S/C13H13ClN2O4/c14-9-1-2-10-8(4-15-11(10)3-9)5-16(6-12(17)18)7-13(19)20/h1-4,15H,5-7H2,(H,17,18)(H,19,20). The van der Waals surface area contributed by atoms with Crippen LogP contribution in [0, 0.1) is 0 Å². The lowest BCUT2D eigenvalue weighted by molar-refractivity contribution is -0.141. The fraction of sp³-hybridized carbons (Fsp3) is 0.231. The van der Waals surface area contributed by atoms with Gasteiger partial charge < -0.3 is 15.2 Å². The molecule has 0 radical (unpaired) electrons. The van der Waals surface area contributed by atoms with E-state index in [-0.39, 0.29) is 19.6 Å². The highest BCUT2D eigenvalue weighted by Crippen LogP contribution is 2.23. The smallest absolute Gasteiger partial charge is 0.317 e. The molecule has 0 aliphatic carbocycles. The maximum absolute atomic E-state index is 10.8. The molecular formula is C13H13ClN2O4. The molecule has 3 N–H and O–H groups in total. The van der Waals surface area contributed by atoms with Crippen LogP contribution in [0.5, 0.6) is 0 Å². The summed E-state index contributed by atoms with van der Waals surface area (Å²) in [6.07, 6.45) is 1.73. The van der Waals surface area contributed by atoms with E-state index in [0.717, 1.165) is 16.5 Å². The molecule has 2 aromatic rings. The highest BCUT2D eigenvalue weighted by Gasteiger charge is 2.15. The number of aromatic nitrogens is 1. The molecule has 0 aliphatic rings. The van der Waals surface area contributed by atoms with Gasteiger partial charge in [0.05, 0.1) is 13.1 Å². The van der Waals surface area contributed by atoms with Gasteiger partial charge in [-0.1, -0.05) is 17.7 Å². The minimum absolute atomic E-state index is 0.236. The third-order valence-electron chi connectivity index (χ3n) is 2.84. The van der Waals surface area contributed by atoms with E-state index in [1.54, 1.807) is 18.3 Å². The Kier molecular flexibility index (Phi) is 4.26. The molecule has 0 atom stereocenters. The zero-order valence-corrected chi connectivity index (χ0v) is 11.2. The van der Waals surface area contributed by atoms with Crippen molar-refractivity contribution in [2.75, 3.05) is 13.1 Å². The Balaban J connectivity index is 2.23. The molecular weight excluding hydrogens is 284 g/mol. The number of carbonyl (C=O) groups is 2. The Morgan fingerprint density at radius 3 is 2.45 bits per heavy atom. The fourth-order valence-electron chi connectivity index (χ4n) is 2.08. The molecule has 7 heteroatoms. The highest BCUT2D eigenvalue weighted by molar-refractivity contribution is 6.31. The molecule has 1 aromatic carbocycles. The number of nitrogens with zero attached hydrogens (tertiary/aromatic N) is 1. The zero-order valence-electron chi connectivity index (χ0n) is 10.5. The number of rotatable bonds is 6. The number of hydrogen-bond donors (Lipinski definition) is 3. The van der Waals surface area contributed by atoms with E-state index >= 15 is 0 Å². The van der Waals surface area contributed by atoms with Gasteiger partial charge in [-0.15, -0.1) is 0 Å². The van der Waals surface area contributed by atoms with Gasteiger partial charge in [-0.3, -0.25) is 14.5 Å². The van der Waals surface area contributed by atoms with Crippen LogP contribution in [-0.4, -0.2) is 45.1 Å². The van der Waals surface area contributed by atoms with Crippen molar-refractivity contribution in [1.29, 1.82) is 0 Å². The average molecular weight is 297 g/mol. The summed E-state index contributed by atoms with van der Waals surface area (Å²) in [5.41, 5.74) is 1.66. The van der Waals surface area contributed by atoms with Crippen LogP contribution in [0.25, 0.3) is 10.9 Å². The van der Waals surface area contributed by atoms with Gasteiger partial charge in [0.1, 0.15) is 0 Å². The second kappa shape index (κ2) is 5.94. The van der Waals surface area contributed by atoms with Crippen molar-refractivity contribution in [2.45, 2.75) is 6.54 Å². The molecule has 2 rings (SSSR count). The minimum Gasteiger partial charge on any atom is -0.480 e. The number of aliphatic carboxylic acids is 2. The predicted octanol–water partition coefficient (Wildman–Crippen LogP) is 1.79. The largest absolute Gasteiger partial charge is 0.480 e. The van der Waals surface area contributed by atoms with E-state index in [1.165, 1.54) is 4.90 Å². The molecule has 0 amide bonds. The van der Waals surface area contributed by atoms with Crippen LogP contribution in [0.3, 0.4) is 0 Å². The summed E-state index contributed by atoms with van der Waals surface area (Å²) >= 11 is 5.89. The summed E-state index contributed by atoms with van der Waals surface area (Å²) in [6.45, 7) is -0.417. The van der Waals surface area contributed by atoms with Crippen LogP contribution < -0.4 is 0 Å². The number of nitrogens with one attached hydrogen (secondary N) is 1. The summed E-state index contributed by atoms with van der Waals surface area (Å²) in [6, 6.07) is 5.32. The Morgan fingerprint density at radius 2 is 1.85 bits per heavy atom. The van der Waals surface area contributed by atoms with Gasteiger partial charge in [-0.25, -0.2) is 0 Å². The Labute approximate surface area is 119 Å². The third kappa shape index (κ3) is 3.49. The number of aromatic amines is 1. The molecule has 0 saturated carbocycles. The molecule has 106 valence electrons. The van der Waals surface area contributed by atoms with Crippen molar-refractivity contribution in [3.05, 3.63) is 35.0 Å². The molecule has 20 heavy (non-hydrogen) atoms. The predicted molar refractivity (Wildman–Crippen MR) is 73.9 cm³/mol. The molecule has 0 fully saturated rings. The van der Waals surface area contributed by atoms with Crippen LogP contribution >= 0.6 is 11.6 Å². The van der Waals surface area contributed by atoms with Gasteiger partial charge in [0.25, 0.3) is 0 Å². The van der Waals surface area contributed by atoms with Gasteiger partial charge in [-0.05, 0) is 17.7 Å². The van der Waals surface area contributed by atoms with Crippen LogP contribution in [-0.2, 0) is 16.1 Å². The van der Waals surface area contributed by atoms with Gasteiger partial charge in [0, 0.05) is 28.7 Å². The van der Waals surface area contributed by atoms with E-state index in [2.05, 4.69) is 4.98 Å². The maximum Gasteiger partial charge on any atom is 0.317 e. The molecule has 1 aromatic heterocycles. The number of benzene rings is 1. The van der Waals surface area contributed by atoms with E-state index < -0.39 is 11.9 Å². The topological polar surface area (TPSA) is 93.6 Å². The minimum atomic E-state index is -1.06. The van der Waals surface area contributed by atoms with Crippen molar-refractivity contribution in [3.8, 4) is 0 Å². The normalized spacial score (nSPS) is 11.1. The molecule has 0 bridgehead atoms. The number of halogens is 1. The number of carboxylic acids is 2. The molecule has 6 nitrogen and oxygen atoms in total. The van der Waals surface area contributed by atoms with Crippen LogP contribution in [0.4, 0.5) is 0 Å². The summed E-state index contributed by atoms with van der Waals surface area (Å²) in [5, 5.41) is 19.1. The SMILES string of the molecule is O=C(O)CN(CC(=O)O)Cc1c[nH]c2cc(Cl)ccc12. The summed E-state index contributed by atoms with van der Waals surface area (Å²) in [4.78, 5) is 25.9. The van der Waals surface area contributed by atoms with E-state index in [1.807, 2.05) is 6.07 Å². The summed E-state index contributed by atoms with van der Waals surface area (Å²) < 4.78 is 0. The first kappa shape index (κ1) is 14.4. The fourth-order valence-corrected chi connectivity index (χ4v) is 2.25. The zero-order chi connectivity index (χ0) is 14.7. The maximum atomic E-state index is 10.8. The Hall–Kier alpha value is -2.05. The molecule has 0 unspecified atom stereocenters. The van der Waals surface area contributed by atoms with Crippen LogP contribution in [0.2, 0.25) is 5.02 Å². The van der Waals surface area contributed by atoms with E-state index in [4.69, 9.17) is 21.8 Å². The molecule has 0 aliphatic heterocycles. The quantitative estimate of drug-likeness (QED) is 0.755. The second-order valence-electron chi connectivity index (χ2n) is 4.44. The monoisotopic (exact) mass is 296 g/mol. The third-order valence-corrected chi connectivity index (χ3v) is 3.08. The first-order valence-corrected chi connectivity index (χ1v) is 6.25. The molecule has 1 heterocycles. The van der Waals surface area contributed by atoms with Gasteiger partial charge in [0.15, 0.2) is 0 Å². The second-order valence-corrected chi connectivity index (χ2v) is 4.87. The number of H-pyrrole nitrogens is 1. The van der Waals surface area contributed by atoms with Crippen LogP contribution in [0.15, 0.2) is 24.4 Å². The lowest BCUT2D eigenvalue weighted by atomic mass is 10.1. The Bertz CT molecular complexity index is 637. The summed E-state index contributed by atoms with van der Waals surface area (Å²) in [7, 11) is 0. The van der Waals surface area contributed by atoms with Gasteiger partial charge >= 0.3 is 11.9 Å². The molecule has 0 saturated heterocycles. The van der Waals surface area contributed by atoms with Crippen molar-refractivity contribution in [1.82, 2.24) is 9.88 Å². The first-order chi connectivity index (χ1) is 9.45. The lowest BCUT2D eigenvalue weighted by Gasteiger charge is -2.17. The average Bonchev–Trinajstić information content (AvgIpc) is 2.69. The molecule has 0 spiro atoms. The Morgan fingerprint density at radius 1 is 1.20 bits per heavy atom. The van der Waals surface area contributed by atoms with Gasteiger partial charge in [0.2, 0.25) is 0 Å². The van der Waals surface area contributed by atoms with E-state index in [0.29, 0.717) is 5.02 Å². The number of carboxylic acid groups (broad SMARTS) is 2. The van der Waals surface area contributed by atoms with Crippen molar-refractivity contribution in [3.63, 3.8) is 0 Å². The van der Waals surface area contributed by atoms with Crippen molar-refractivity contribution in [2.24, 2.45) is 0 Å². The number of fused-ring (bicyclic) bond motifs is 1. The van der Waals surface area contributed by atoms with Crippen molar-refractivity contribution < 1.29 is 19.8 Å². The lowest BCUT2D eigenvalue weighted by Crippen LogP contribution is -2.33. The highest BCUT2D eigenvalue weighted by atomic mass is 35.5. The van der Waals surface area contributed by atoms with Gasteiger partial charge in [-0.2, -0.15) is 0 Å². The first-order valence-electron chi connectivity index (χ1n) is 5.87. The van der Waals surface area contributed by atoms with E-state index in [9.17, 15) is 9.59 Å². The number of hydrogen-bond acceptors (Lipinski definition) is 3.